The van der Waals surface area contributed by atoms with Crippen LogP contribution in [0.1, 0.15) is 21.7 Å². The van der Waals surface area contributed by atoms with Gasteiger partial charge in [0, 0.05) is 49.6 Å². The van der Waals surface area contributed by atoms with Gasteiger partial charge >= 0.3 is 5.97 Å². The Morgan fingerprint density at radius 3 is 2.95 bits per heavy atom. The second-order valence-electron chi connectivity index (χ2n) is 5.08. The molecule has 1 N–H and O–H groups in total. The van der Waals surface area contributed by atoms with E-state index in [1.165, 1.54) is 0 Å². The SMILES string of the molecule is COc1cccc(N2CCc3c(c(C(=O)O)nn3C)C2)c1. The number of aromatic carboxylic acids is 1. The molecule has 0 atom stereocenters. The molecular weight excluding hydrogens is 270 g/mol. The van der Waals surface area contributed by atoms with Crippen LogP contribution < -0.4 is 9.64 Å². The Labute approximate surface area is 122 Å². The van der Waals surface area contributed by atoms with Crippen LogP contribution in [0.3, 0.4) is 0 Å². The van der Waals surface area contributed by atoms with Gasteiger partial charge in [-0.05, 0) is 12.1 Å². The van der Waals surface area contributed by atoms with Gasteiger partial charge in [0.25, 0.3) is 0 Å². The number of carbonyl (C=O) groups is 1. The third-order valence-corrected chi connectivity index (χ3v) is 3.86. The zero-order valence-corrected chi connectivity index (χ0v) is 12.0. The summed E-state index contributed by atoms with van der Waals surface area (Å²) in [5.74, 6) is -0.178. The van der Waals surface area contributed by atoms with Crippen LogP contribution in [0.15, 0.2) is 24.3 Å². The number of fused-ring (bicyclic) bond motifs is 1. The first kappa shape index (κ1) is 13.5. The van der Waals surface area contributed by atoms with Crippen molar-refractivity contribution in [2.24, 2.45) is 7.05 Å². The zero-order chi connectivity index (χ0) is 15.0. The van der Waals surface area contributed by atoms with Crippen LogP contribution in [0.25, 0.3) is 0 Å². The minimum absolute atomic E-state index is 0.153. The van der Waals surface area contributed by atoms with Gasteiger partial charge in [0.05, 0.1) is 7.11 Å². The second kappa shape index (κ2) is 5.12. The molecule has 2 heterocycles. The number of methoxy groups -OCH3 is 1. The Morgan fingerprint density at radius 1 is 1.43 bits per heavy atom. The average molecular weight is 287 g/mol. The third-order valence-electron chi connectivity index (χ3n) is 3.86. The molecule has 6 heteroatoms. The molecule has 0 aliphatic carbocycles. The van der Waals surface area contributed by atoms with E-state index in [1.54, 1.807) is 18.8 Å². The smallest absolute Gasteiger partial charge is 0.356 e. The molecule has 2 aromatic rings. The van der Waals surface area contributed by atoms with Gasteiger partial charge in [0.1, 0.15) is 5.75 Å². The number of benzene rings is 1. The number of carboxylic acids is 1. The summed E-state index contributed by atoms with van der Waals surface area (Å²) in [7, 11) is 3.43. The third kappa shape index (κ3) is 2.33. The zero-order valence-electron chi connectivity index (χ0n) is 12.0. The lowest BCUT2D eigenvalue weighted by atomic mass is 10.0. The number of hydrogen-bond donors (Lipinski definition) is 1. The molecule has 21 heavy (non-hydrogen) atoms. The number of nitrogens with zero attached hydrogens (tertiary/aromatic N) is 3. The van der Waals surface area contributed by atoms with E-state index in [0.717, 1.165) is 35.7 Å². The van der Waals surface area contributed by atoms with Gasteiger partial charge in [-0.3, -0.25) is 4.68 Å². The molecule has 0 saturated heterocycles. The van der Waals surface area contributed by atoms with Crippen LogP contribution in [0.2, 0.25) is 0 Å². The molecule has 1 aromatic heterocycles. The van der Waals surface area contributed by atoms with Crippen molar-refractivity contribution in [1.29, 1.82) is 0 Å². The molecule has 0 unspecified atom stereocenters. The molecule has 1 aliphatic rings. The molecule has 6 nitrogen and oxygen atoms in total. The Kier molecular flexibility index (Phi) is 3.29. The number of hydrogen-bond acceptors (Lipinski definition) is 4. The fraction of sp³-hybridized carbons (Fsp3) is 0.333. The summed E-state index contributed by atoms with van der Waals surface area (Å²) in [6.07, 6.45) is 0.781. The average Bonchev–Trinajstić information content (AvgIpc) is 2.84. The van der Waals surface area contributed by atoms with Gasteiger partial charge in [-0.15, -0.1) is 0 Å². The normalized spacial score (nSPS) is 13.9. The van der Waals surface area contributed by atoms with Crippen LogP contribution in [0.4, 0.5) is 5.69 Å². The van der Waals surface area contributed by atoms with Crippen molar-refractivity contribution in [3.05, 3.63) is 41.2 Å². The van der Waals surface area contributed by atoms with Crippen molar-refractivity contribution >= 4 is 11.7 Å². The van der Waals surface area contributed by atoms with Crippen molar-refractivity contribution in [2.45, 2.75) is 13.0 Å². The lowest BCUT2D eigenvalue weighted by Gasteiger charge is -2.29. The van der Waals surface area contributed by atoms with E-state index in [9.17, 15) is 9.90 Å². The fourth-order valence-corrected chi connectivity index (χ4v) is 2.79. The van der Waals surface area contributed by atoms with Crippen molar-refractivity contribution < 1.29 is 14.6 Å². The quantitative estimate of drug-likeness (QED) is 0.930. The molecule has 3 rings (SSSR count). The predicted octanol–water partition coefficient (Wildman–Crippen LogP) is 1.69. The van der Waals surface area contributed by atoms with Gasteiger partial charge in [0.15, 0.2) is 5.69 Å². The Hall–Kier alpha value is -2.50. The van der Waals surface area contributed by atoms with E-state index < -0.39 is 5.97 Å². The van der Waals surface area contributed by atoms with E-state index in [0.29, 0.717) is 6.54 Å². The van der Waals surface area contributed by atoms with E-state index in [-0.39, 0.29) is 5.69 Å². The summed E-state index contributed by atoms with van der Waals surface area (Å²) < 4.78 is 6.93. The highest BCUT2D eigenvalue weighted by molar-refractivity contribution is 5.87. The summed E-state index contributed by atoms with van der Waals surface area (Å²) in [6.45, 7) is 1.39. The highest BCUT2D eigenvalue weighted by atomic mass is 16.5. The highest BCUT2D eigenvalue weighted by Gasteiger charge is 2.27. The summed E-state index contributed by atoms with van der Waals surface area (Å²) in [5, 5.41) is 13.4. The molecule has 110 valence electrons. The monoisotopic (exact) mass is 287 g/mol. The minimum atomic E-state index is -0.973. The Morgan fingerprint density at radius 2 is 2.24 bits per heavy atom. The van der Waals surface area contributed by atoms with Gasteiger partial charge < -0.3 is 14.7 Å². The second-order valence-corrected chi connectivity index (χ2v) is 5.08. The molecule has 0 bridgehead atoms. The van der Waals surface area contributed by atoms with Crippen molar-refractivity contribution in [1.82, 2.24) is 9.78 Å². The lowest BCUT2D eigenvalue weighted by molar-refractivity contribution is 0.0688. The van der Waals surface area contributed by atoms with E-state index >= 15 is 0 Å². The summed E-state index contributed by atoms with van der Waals surface area (Å²) >= 11 is 0. The van der Waals surface area contributed by atoms with Gasteiger partial charge in [-0.2, -0.15) is 5.10 Å². The molecule has 0 radical (unpaired) electrons. The number of aromatic nitrogens is 2. The van der Waals surface area contributed by atoms with E-state index in [1.807, 2.05) is 24.3 Å². The standard InChI is InChI=1S/C15H17N3O3/c1-17-13-6-7-18(9-12(13)14(16-17)15(19)20)10-4-3-5-11(8-10)21-2/h3-5,8H,6-7,9H2,1-2H3,(H,19,20). The number of aryl methyl sites for hydroxylation is 1. The van der Waals surface area contributed by atoms with Crippen LogP contribution in [-0.4, -0.2) is 34.5 Å². The van der Waals surface area contributed by atoms with Crippen molar-refractivity contribution in [2.75, 3.05) is 18.6 Å². The molecule has 0 saturated carbocycles. The van der Waals surface area contributed by atoms with E-state index in [2.05, 4.69) is 10.00 Å². The first-order valence-corrected chi connectivity index (χ1v) is 6.77. The predicted molar refractivity (Wildman–Crippen MR) is 77.9 cm³/mol. The van der Waals surface area contributed by atoms with Crippen LogP contribution in [0.5, 0.6) is 5.75 Å². The molecule has 1 aromatic carbocycles. The number of rotatable bonds is 3. The largest absolute Gasteiger partial charge is 0.497 e. The maximum absolute atomic E-state index is 11.3. The topological polar surface area (TPSA) is 67.6 Å². The summed E-state index contributed by atoms with van der Waals surface area (Å²) in [4.78, 5) is 13.5. The highest BCUT2D eigenvalue weighted by Crippen LogP contribution is 2.28. The first-order chi connectivity index (χ1) is 10.1. The molecular formula is C15H17N3O3. The van der Waals surface area contributed by atoms with Crippen LogP contribution in [-0.2, 0) is 20.0 Å². The fourth-order valence-electron chi connectivity index (χ4n) is 2.79. The van der Waals surface area contributed by atoms with Gasteiger partial charge in [0.2, 0.25) is 0 Å². The van der Waals surface area contributed by atoms with Crippen molar-refractivity contribution in [3.63, 3.8) is 0 Å². The maximum atomic E-state index is 11.3. The lowest BCUT2D eigenvalue weighted by Crippen LogP contribution is -2.31. The minimum Gasteiger partial charge on any atom is -0.497 e. The molecule has 0 spiro atoms. The van der Waals surface area contributed by atoms with Crippen LogP contribution in [0, 0.1) is 0 Å². The maximum Gasteiger partial charge on any atom is 0.356 e. The number of ether oxygens (including phenoxy) is 1. The molecule has 1 aliphatic heterocycles. The van der Waals surface area contributed by atoms with E-state index in [4.69, 9.17) is 4.74 Å². The van der Waals surface area contributed by atoms with Crippen LogP contribution >= 0.6 is 0 Å². The first-order valence-electron chi connectivity index (χ1n) is 6.77. The number of carboxylic acid groups (broad SMARTS) is 1. The van der Waals surface area contributed by atoms with Crippen molar-refractivity contribution in [3.8, 4) is 5.75 Å². The Balaban J connectivity index is 1.95. The summed E-state index contributed by atoms with van der Waals surface area (Å²) in [5.41, 5.74) is 2.99. The summed E-state index contributed by atoms with van der Waals surface area (Å²) in [6, 6.07) is 7.79. The van der Waals surface area contributed by atoms with Gasteiger partial charge in [-0.25, -0.2) is 4.79 Å². The van der Waals surface area contributed by atoms with Gasteiger partial charge in [-0.1, -0.05) is 6.07 Å². The number of anilines is 1. The molecule has 0 fully saturated rings. The Bertz CT molecular complexity index is 693. The molecule has 0 amide bonds.